The first kappa shape index (κ1) is 15.2. The SMILES string of the molecule is CCNC(=O)C(C)Nc1c(F)c(F)c(F)c(F)c1F. The van der Waals surface area contributed by atoms with Crippen LogP contribution in [0.1, 0.15) is 13.8 Å². The fourth-order valence-electron chi connectivity index (χ4n) is 1.34. The molecule has 0 aliphatic carbocycles. The molecule has 1 aromatic carbocycles. The Bertz CT molecular complexity index is 477. The minimum atomic E-state index is -2.24. The molecule has 0 radical (unpaired) electrons. The van der Waals surface area contributed by atoms with Crippen LogP contribution in [-0.4, -0.2) is 18.5 Å². The summed E-state index contributed by atoms with van der Waals surface area (Å²) in [7, 11) is 0. The summed E-state index contributed by atoms with van der Waals surface area (Å²) in [6.07, 6.45) is 0. The van der Waals surface area contributed by atoms with E-state index in [1.54, 1.807) is 6.92 Å². The average molecular weight is 282 g/mol. The van der Waals surface area contributed by atoms with Crippen molar-refractivity contribution in [2.75, 3.05) is 11.9 Å². The second-order valence-corrected chi connectivity index (χ2v) is 3.71. The van der Waals surface area contributed by atoms with Gasteiger partial charge in [-0.2, -0.15) is 0 Å². The Hall–Kier alpha value is -1.86. The van der Waals surface area contributed by atoms with E-state index in [0.717, 1.165) is 0 Å². The molecule has 0 saturated heterocycles. The van der Waals surface area contributed by atoms with Crippen molar-refractivity contribution in [1.29, 1.82) is 0 Å². The molecule has 1 unspecified atom stereocenters. The third-order valence-electron chi connectivity index (χ3n) is 2.31. The fourth-order valence-corrected chi connectivity index (χ4v) is 1.34. The Labute approximate surface area is 105 Å². The van der Waals surface area contributed by atoms with Gasteiger partial charge in [-0.3, -0.25) is 4.79 Å². The van der Waals surface area contributed by atoms with Gasteiger partial charge in [0.05, 0.1) is 0 Å². The molecule has 0 aliphatic heterocycles. The lowest BCUT2D eigenvalue weighted by Gasteiger charge is -2.16. The highest BCUT2D eigenvalue weighted by Gasteiger charge is 2.27. The number of nitrogens with one attached hydrogen (secondary N) is 2. The molecule has 8 heteroatoms. The maximum absolute atomic E-state index is 13.3. The Morgan fingerprint density at radius 1 is 1.00 bits per heavy atom. The van der Waals surface area contributed by atoms with Crippen molar-refractivity contribution in [2.45, 2.75) is 19.9 Å². The molecule has 0 aliphatic rings. The molecule has 106 valence electrons. The summed E-state index contributed by atoms with van der Waals surface area (Å²) >= 11 is 0. The van der Waals surface area contributed by atoms with Gasteiger partial charge in [-0.25, -0.2) is 22.0 Å². The smallest absolute Gasteiger partial charge is 0.242 e. The van der Waals surface area contributed by atoms with Gasteiger partial charge in [0.1, 0.15) is 11.7 Å². The molecule has 1 amide bonds. The van der Waals surface area contributed by atoms with Gasteiger partial charge >= 0.3 is 0 Å². The van der Waals surface area contributed by atoms with Crippen LogP contribution in [0.25, 0.3) is 0 Å². The van der Waals surface area contributed by atoms with Crippen molar-refractivity contribution in [3.8, 4) is 0 Å². The summed E-state index contributed by atoms with van der Waals surface area (Å²) in [5.74, 6) is -11.0. The minimum absolute atomic E-state index is 0.266. The zero-order chi connectivity index (χ0) is 14.7. The first-order chi connectivity index (χ1) is 8.81. The van der Waals surface area contributed by atoms with E-state index in [9.17, 15) is 26.7 Å². The Balaban J connectivity index is 3.12. The summed E-state index contributed by atoms with van der Waals surface area (Å²) in [5.41, 5.74) is -1.23. The highest BCUT2D eigenvalue weighted by atomic mass is 19.2. The van der Waals surface area contributed by atoms with Crippen LogP contribution in [0.15, 0.2) is 0 Å². The van der Waals surface area contributed by atoms with E-state index in [2.05, 4.69) is 5.32 Å². The lowest BCUT2D eigenvalue weighted by Crippen LogP contribution is -2.38. The zero-order valence-electron chi connectivity index (χ0n) is 10.1. The molecule has 1 rings (SSSR count). The molecule has 0 bridgehead atoms. The Kier molecular flexibility index (Phi) is 4.68. The van der Waals surface area contributed by atoms with E-state index in [-0.39, 0.29) is 6.54 Å². The predicted octanol–water partition coefficient (Wildman–Crippen LogP) is 2.32. The van der Waals surface area contributed by atoms with E-state index < -0.39 is 46.7 Å². The van der Waals surface area contributed by atoms with Crippen molar-refractivity contribution in [3.63, 3.8) is 0 Å². The summed E-state index contributed by atoms with van der Waals surface area (Å²) in [4.78, 5) is 11.3. The number of halogens is 5. The van der Waals surface area contributed by atoms with Gasteiger partial charge in [-0.1, -0.05) is 0 Å². The van der Waals surface area contributed by atoms with Crippen LogP contribution < -0.4 is 10.6 Å². The summed E-state index contributed by atoms with van der Waals surface area (Å²) < 4.78 is 65.2. The number of hydrogen-bond acceptors (Lipinski definition) is 2. The normalized spacial score (nSPS) is 12.2. The van der Waals surface area contributed by atoms with Gasteiger partial charge in [-0.15, -0.1) is 0 Å². The van der Waals surface area contributed by atoms with Crippen LogP contribution in [0, 0.1) is 29.1 Å². The van der Waals surface area contributed by atoms with Gasteiger partial charge in [0.25, 0.3) is 0 Å². The van der Waals surface area contributed by atoms with Crippen LogP contribution in [0.4, 0.5) is 27.6 Å². The monoisotopic (exact) mass is 282 g/mol. The van der Waals surface area contributed by atoms with Gasteiger partial charge in [0.2, 0.25) is 11.7 Å². The predicted molar refractivity (Wildman–Crippen MR) is 58.0 cm³/mol. The van der Waals surface area contributed by atoms with Crippen LogP contribution in [0.3, 0.4) is 0 Å². The minimum Gasteiger partial charge on any atom is -0.369 e. The Morgan fingerprint density at radius 3 is 1.84 bits per heavy atom. The summed E-state index contributed by atoms with van der Waals surface area (Å²) in [6, 6.07) is -1.16. The van der Waals surface area contributed by atoms with Crippen molar-refractivity contribution in [3.05, 3.63) is 29.1 Å². The molecule has 3 nitrogen and oxygen atoms in total. The average Bonchev–Trinajstić information content (AvgIpc) is 2.39. The highest BCUT2D eigenvalue weighted by Crippen LogP contribution is 2.27. The number of carbonyl (C=O) groups is 1. The largest absolute Gasteiger partial charge is 0.369 e. The quantitative estimate of drug-likeness (QED) is 0.505. The number of anilines is 1. The third kappa shape index (κ3) is 2.94. The molecule has 0 fully saturated rings. The molecule has 0 heterocycles. The lowest BCUT2D eigenvalue weighted by atomic mass is 10.2. The van der Waals surface area contributed by atoms with E-state index in [4.69, 9.17) is 0 Å². The maximum Gasteiger partial charge on any atom is 0.242 e. The summed E-state index contributed by atoms with van der Waals surface area (Å²) in [6.45, 7) is 3.11. The summed E-state index contributed by atoms with van der Waals surface area (Å²) in [5, 5.41) is 4.30. The number of hydrogen-bond donors (Lipinski definition) is 2. The van der Waals surface area contributed by atoms with Crippen LogP contribution in [0.5, 0.6) is 0 Å². The molecule has 2 N–H and O–H groups in total. The Morgan fingerprint density at radius 2 is 1.42 bits per heavy atom. The van der Waals surface area contributed by atoms with Crippen LogP contribution in [-0.2, 0) is 4.79 Å². The molecule has 1 atom stereocenters. The fraction of sp³-hybridized carbons (Fsp3) is 0.364. The number of amides is 1. The zero-order valence-corrected chi connectivity index (χ0v) is 10.1. The molecule has 0 saturated carbocycles. The number of benzene rings is 1. The molecule has 1 aromatic rings. The molecular formula is C11H11F5N2O. The molecule has 0 spiro atoms. The molecule has 0 aromatic heterocycles. The van der Waals surface area contributed by atoms with E-state index in [0.29, 0.717) is 0 Å². The first-order valence-corrected chi connectivity index (χ1v) is 5.36. The molecule has 19 heavy (non-hydrogen) atoms. The van der Waals surface area contributed by atoms with Crippen molar-refractivity contribution in [2.24, 2.45) is 0 Å². The van der Waals surface area contributed by atoms with Crippen LogP contribution >= 0.6 is 0 Å². The first-order valence-electron chi connectivity index (χ1n) is 5.36. The van der Waals surface area contributed by atoms with Gasteiger partial charge in [0.15, 0.2) is 23.3 Å². The van der Waals surface area contributed by atoms with Crippen molar-refractivity contribution in [1.82, 2.24) is 5.32 Å². The van der Waals surface area contributed by atoms with Gasteiger partial charge in [-0.05, 0) is 13.8 Å². The second-order valence-electron chi connectivity index (χ2n) is 3.71. The van der Waals surface area contributed by atoms with Crippen molar-refractivity contribution < 1.29 is 26.7 Å². The highest BCUT2D eigenvalue weighted by molar-refractivity contribution is 5.84. The number of likely N-dealkylation sites (N-methyl/N-ethyl adjacent to an activating group) is 1. The van der Waals surface area contributed by atoms with E-state index in [1.807, 2.05) is 5.32 Å². The topological polar surface area (TPSA) is 41.1 Å². The van der Waals surface area contributed by atoms with Gasteiger partial charge in [0, 0.05) is 6.54 Å². The van der Waals surface area contributed by atoms with Crippen LogP contribution in [0.2, 0.25) is 0 Å². The van der Waals surface area contributed by atoms with Crippen molar-refractivity contribution >= 4 is 11.6 Å². The lowest BCUT2D eigenvalue weighted by molar-refractivity contribution is -0.121. The number of carbonyl (C=O) groups excluding carboxylic acids is 1. The third-order valence-corrected chi connectivity index (χ3v) is 2.31. The van der Waals surface area contributed by atoms with E-state index in [1.165, 1.54) is 6.92 Å². The second kappa shape index (κ2) is 5.85. The van der Waals surface area contributed by atoms with Gasteiger partial charge < -0.3 is 10.6 Å². The maximum atomic E-state index is 13.3. The molecular weight excluding hydrogens is 271 g/mol. The van der Waals surface area contributed by atoms with E-state index >= 15 is 0 Å². The standard InChI is InChI=1S/C11H11F5N2O/c1-3-17-11(19)4(2)18-10-8(15)6(13)5(12)7(14)9(10)16/h4,18H,3H2,1-2H3,(H,17,19). The number of rotatable bonds is 4.